The van der Waals surface area contributed by atoms with Gasteiger partial charge in [-0.1, -0.05) is 124 Å². The van der Waals surface area contributed by atoms with E-state index in [0.717, 1.165) is 37.8 Å². The van der Waals surface area contributed by atoms with Gasteiger partial charge in [-0.15, -0.1) is 0 Å². The molecule has 0 N–H and O–H groups in total. The van der Waals surface area contributed by atoms with Crippen molar-refractivity contribution in [2.24, 2.45) is 23.7 Å². The highest BCUT2D eigenvalue weighted by Gasteiger charge is 2.32. The Morgan fingerprint density at radius 3 is 1.21 bits per heavy atom. The van der Waals surface area contributed by atoms with Crippen molar-refractivity contribution in [1.82, 2.24) is 0 Å². The minimum atomic E-state index is -1.65. The third kappa shape index (κ3) is 12.1. The van der Waals surface area contributed by atoms with Crippen molar-refractivity contribution in [3.05, 3.63) is 53.4 Å². The van der Waals surface area contributed by atoms with Crippen LogP contribution < -0.4 is 9.47 Å². The lowest BCUT2D eigenvalue weighted by Crippen LogP contribution is -2.27. The van der Waals surface area contributed by atoms with Crippen molar-refractivity contribution in [1.29, 1.82) is 0 Å². The van der Waals surface area contributed by atoms with E-state index in [0.29, 0.717) is 24.7 Å². The van der Waals surface area contributed by atoms with Crippen LogP contribution in [0.2, 0.25) is 30.1 Å². The van der Waals surface area contributed by atoms with E-state index >= 15 is 0 Å². The van der Waals surface area contributed by atoms with Crippen molar-refractivity contribution in [2.45, 2.75) is 80.1 Å². The number of hydrogen-bond donors (Lipinski definition) is 0. The van der Waals surface area contributed by atoms with Crippen LogP contribution in [0.3, 0.4) is 0 Å². The van der Waals surface area contributed by atoms with Gasteiger partial charge in [0.25, 0.3) is 0 Å². The van der Waals surface area contributed by atoms with E-state index in [1.165, 1.54) is 0 Å². The Kier molecular flexibility index (Phi) is 17.6. The first-order chi connectivity index (χ1) is 22.5. The van der Waals surface area contributed by atoms with Crippen LogP contribution in [0.25, 0.3) is 0 Å². The average molecular weight is 789 g/mol. The second kappa shape index (κ2) is 20.0. The van der Waals surface area contributed by atoms with Gasteiger partial charge < -0.3 is 18.9 Å². The Hall–Kier alpha value is -1.94. The highest BCUT2D eigenvalue weighted by Crippen LogP contribution is 2.42. The smallest absolute Gasteiger partial charge is 0.423 e. The number of rotatable bonds is 16. The monoisotopic (exact) mass is 786 g/mol. The minimum absolute atomic E-state index is 0.0395. The first-order valence-electron chi connectivity index (χ1n) is 15.6. The van der Waals surface area contributed by atoms with Crippen LogP contribution in [0.5, 0.6) is 11.5 Å². The maximum atomic E-state index is 13.1. The van der Waals surface area contributed by atoms with Crippen LogP contribution in [0.15, 0.2) is 12.1 Å². The summed E-state index contributed by atoms with van der Waals surface area (Å²) in [6, 6.07) is 2.25. The topological polar surface area (TPSA) is 105 Å². The van der Waals surface area contributed by atoms with Gasteiger partial charge >= 0.3 is 23.9 Å². The standard InChI is InChI=1S/C34H40Cl6O8/c1-7-17(3)13-19(5)9-11-45-31(41)25-27(39)21(35)15-23(37)29(25)47-33(43)34(44)48-30-24(38)16-22(36)28(40)26(30)32(42)46-12-10-20(6)14-18(4)8-2/h15-20H,7-14H2,1-6H3. The number of benzene rings is 2. The first-order valence-corrected chi connectivity index (χ1v) is 17.9. The Bertz CT molecular complexity index is 1370. The van der Waals surface area contributed by atoms with E-state index in [2.05, 4.69) is 27.7 Å². The van der Waals surface area contributed by atoms with Crippen LogP contribution >= 0.6 is 69.6 Å². The molecule has 0 heterocycles. The molecule has 0 aliphatic carbocycles. The molecule has 0 aromatic heterocycles. The molecule has 2 rings (SSSR count). The van der Waals surface area contributed by atoms with Crippen LogP contribution in [0.4, 0.5) is 0 Å². The van der Waals surface area contributed by atoms with Crippen molar-refractivity contribution >= 4 is 93.5 Å². The van der Waals surface area contributed by atoms with Crippen molar-refractivity contribution < 1.29 is 38.1 Å². The summed E-state index contributed by atoms with van der Waals surface area (Å²) >= 11 is 37.4. The van der Waals surface area contributed by atoms with E-state index in [-0.39, 0.29) is 55.2 Å². The van der Waals surface area contributed by atoms with E-state index in [1.807, 2.05) is 13.8 Å². The summed E-state index contributed by atoms with van der Waals surface area (Å²) in [7, 11) is 0. The Balaban J connectivity index is 2.26. The lowest BCUT2D eigenvalue weighted by Gasteiger charge is -2.17. The molecular formula is C34H40Cl6O8. The molecule has 8 nitrogen and oxygen atoms in total. The van der Waals surface area contributed by atoms with Crippen molar-refractivity contribution in [3.8, 4) is 11.5 Å². The molecule has 266 valence electrons. The van der Waals surface area contributed by atoms with Gasteiger partial charge in [0, 0.05) is 0 Å². The van der Waals surface area contributed by atoms with Gasteiger partial charge in [-0.25, -0.2) is 19.2 Å². The summed E-state index contributed by atoms with van der Waals surface area (Å²) in [6.07, 6.45) is 5.08. The summed E-state index contributed by atoms with van der Waals surface area (Å²) < 4.78 is 21.1. The van der Waals surface area contributed by atoms with Crippen LogP contribution in [-0.4, -0.2) is 37.1 Å². The quantitative estimate of drug-likeness (QED) is 0.0716. The molecule has 4 atom stereocenters. The molecule has 4 unspecified atom stereocenters. The Morgan fingerprint density at radius 2 is 0.896 bits per heavy atom. The molecule has 0 bridgehead atoms. The third-order valence-electron chi connectivity index (χ3n) is 7.91. The molecule has 0 radical (unpaired) electrons. The molecule has 0 amide bonds. The van der Waals surface area contributed by atoms with Crippen LogP contribution in [0.1, 0.15) is 101 Å². The van der Waals surface area contributed by atoms with Gasteiger partial charge in [0.2, 0.25) is 0 Å². The van der Waals surface area contributed by atoms with Gasteiger partial charge in [-0.3, -0.25) is 0 Å². The zero-order chi connectivity index (χ0) is 36.3. The fraction of sp³-hybridized carbons (Fsp3) is 0.529. The zero-order valence-corrected chi connectivity index (χ0v) is 32.2. The second-order valence-corrected chi connectivity index (χ2v) is 14.4. The predicted molar refractivity (Wildman–Crippen MR) is 190 cm³/mol. The molecule has 14 heteroatoms. The van der Waals surface area contributed by atoms with Crippen molar-refractivity contribution in [3.63, 3.8) is 0 Å². The van der Waals surface area contributed by atoms with Crippen LogP contribution in [0, 0.1) is 23.7 Å². The SMILES string of the molecule is CCC(C)CC(C)CCOC(=O)c1c(Cl)c(Cl)cc(Cl)c1OC(=O)C(=O)Oc1c(Cl)cc(Cl)c(Cl)c1C(=O)OCCC(C)CC(C)CC. The lowest BCUT2D eigenvalue weighted by atomic mass is 9.93. The number of esters is 4. The van der Waals surface area contributed by atoms with Gasteiger partial charge in [0.05, 0.1) is 43.3 Å². The molecule has 2 aromatic rings. The number of halogens is 6. The predicted octanol–water partition coefficient (Wildman–Crippen LogP) is 11.4. The molecular weight excluding hydrogens is 749 g/mol. The summed E-state index contributed by atoms with van der Waals surface area (Å²) in [6.45, 7) is 12.7. The molecule has 48 heavy (non-hydrogen) atoms. The van der Waals surface area contributed by atoms with Gasteiger partial charge in [-0.2, -0.15) is 0 Å². The summed E-state index contributed by atoms with van der Waals surface area (Å²) in [5, 5.41) is -1.51. The lowest BCUT2D eigenvalue weighted by molar-refractivity contribution is -0.156. The number of carbonyl (C=O) groups excluding carboxylic acids is 4. The summed E-state index contributed by atoms with van der Waals surface area (Å²) in [5.41, 5.74) is -0.936. The molecule has 0 saturated carbocycles. The van der Waals surface area contributed by atoms with Crippen molar-refractivity contribution in [2.75, 3.05) is 13.2 Å². The molecule has 2 aromatic carbocycles. The van der Waals surface area contributed by atoms with E-state index in [4.69, 9.17) is 88.6 Å². The highest BCUT2D eigenvalue weighted by atomic mass is 35.5. The fourth-order valence-corrected chi connectivity index (χ4v) is 6.22. The third-order valence-corrected chi connectivity index (χ3v) is 10.0. The van der Waals surface area contributed by atoms with Gasteiger partial charge in [0.15, 0.2) is 11.5 Å². The van der Waals surface area contributed by atoms with Gasteiger partial charge in [0.1, 0.15) is 11.1 Å². The van der Waals surface area contributed by atoms with E-state index < -0.39 is 46.5 Å². The highest BCUT2D eigenvalue weighted by molar-refractivity contribution is 6.47. The second-order valence-electron chi connectivity index (χ2n) is 12.1. The fourth-order valence-electron chi connectivity index (χ4n) is 4.78. The number of ether oxygens (including phenoxy) is 4. The summed E-state index contributed by atoms with van der Waals surface area (Å²) in [5.74, 6) is -4.86. The summed E-state index contributed by atoms with van der Waals surface area (Å²) in [4.78, 5) is 52.1. The largest absolute Gasteiger partial charge is 0.462 e. The Morgan fingerprint density at radius 1 is 0.562 bits per heavy atom. The first kappa shape index (κ1) is 42.2. The average Bonchev–Trinajstić information content (AvgIpc) is 3.01. The molecule has 0 saturated heterocycles. The Labute approximate surface area is 311 Å². The maximum Gasteiger partial charge on any atom is 0.423 e. The zero-order valence-electron chi connectivity index (χ0n) is 27.7. The van der Waals surface area contributed by atoms with Crippen LogP contribution in [-0.2, 0) is 19.1 Å². The molecule has 0 aliphatic rings. The maximum absolute atomic E-state index is 13.1. The molecule has 0 spiro atoms. The van der Waals surface area contributed by atoms with Gasteiger partial charge in [-0.05, 0) is 61.5 Å². The molecule has 0 aliphatic heterocycles. The normalized spacial score (nSPS) is 13.7. The molecule has 0 fully saturated rings. The minimum Gasteiger partial charge on any atom is -0.462 e. The van der Waals surface area contributed by atoms with E-state index in [1.54, 1.807) is 0 Å². The number of carbonyl (C=O) groups is 4. The number of hydrogen-bond acceptors (Lipinski definition) is 8. The van der Waals surface area contributed by atoms with E-state index in [9.17, 15) is 19.2 Å².